The molecule has 0 saturated carbocycles. The fourth-order valence-electron chi connectivity index (χ4n) is 2.56. The molecule has 0 amide bonds. The van der Waals surface area contributed by atoms with Crippen molar-refractivity contribution < 1.29 is 0 Å². The van der Waals surface area contributed by atoms with Crippen LogP contribution in [0.5, 0.6) is 0 Å². The van der Waals surface area contributed by atoms with E-state index in [0.717, 1.165) is 42.3 Å². The molecule has 0 atom stereocenters. The number of pyridine rings is 1. The maximum absolute atomic E-state index is 6.30. The summed E-state index contributed by atoms with van der Waals surface area (Å²) >= 11 is 6.30. The van der Waals surface area contributed by atoms with Gasteiger partial charge in [0, 0.05) is 48.6 Å². The van der Waals surface area contributed by atoms with E-state index in [1.54, 1.807) is 6.20 Å². The normalized spacial score (nSPS) is 16.2. The average molecular weight is 303 g/mol. The second-order valence-electron chi connectivity index (χ2n) is 5.46. The van der Waals surface area contributed by atoms with Crippen molar-refractivity contribution >= 4 is 23.1 Å². The average Bonchev–Trinajstić information content (AvgIpc) is 2.48. The van der Waals surface area contributed by atoms with Crippen molar-refractivity contribution in [3.8, 4) is 11.1 Å². The highest BCUT2D eigenvalue weighted by Gasteiger charge is 2.15. The van der Waals surface area contributed by atoms with Crippen molar-refractivity contribution in [1.82, 2.24) is 9.88 Å². The van der Waals surface area contributed by atoms with Gasteiger partial charge in [-0.2, -0.15) is 0 Å². The van der Waals surface area contributed by atoms with E-state index in [-0.39, 0.29) is 0 Å². The number of hydrogen-bond acceptors (Lipinski definition) is 4. The van der Waals surface area contributed by atoms with Crippen LogP contribution in [0.1, 0.15) is 0 Å². The quantitative estimate of drug-likeness (QED) is 0.926. The van der Waals surface area contributed by atoms with E-state index >= 15 is 0 Å². The second-order valence-corrected chi connectivity index (χ2v) is 5.90. The SMILES string of the molecule is CN1CCN(c2cc(Cl)cc(-c3ccc(N)nc3)c2)CC1. The summed E-state index contributed by atoms with van der Waals surface area (Å²) in [5.41, 5.74) is 8.92. The number of anilines is 2. The van der Waals surface area contributed by atoms with Gasteiger partial charge in [-0.3, -0.25) is 0 Å². The molecule has 1 fully saturated rings. The lowest BCUT2D eigenvalue weighted by Crippen LogP contribution is -2.44. The zero-order chi connectivity index (χ0) is 14.8. The van der Waals surface area contributed by atoms with Gasteiger partial charge in [0.05, 0.1) is 0 Å². The molecule has 21 heavy (non-hydrogen) atoms. The number of nitrogens with two attached hydrogens (primary N) is 1. The van der Waals surface area contributed by atoms with Crippen molar-refractivity contribution in [2.24, 2.45) is 0 Å². The first-order valence-corrected chi connectivity index (χ1v) is 7.45. The molecule has 1 aromatic carbocycles. The maximum atomic E-state index is 6.30. The molecular weight excluding hydrogens is 284 g/mol. The molecule has 1 aliphatic rings. The Morgan fingerprint density at radius 1 is 1.05 bits per heavy atom. The van der Waals surface area contributed by atoms with E-state index in [4.69, 9.17) is 17.3 Å². The van der Waals surface area contributed by atoms with Crippen LogP contribution in [0.2, 0.25) is 5.02 Å². The van der Waals surface area contributed by atoms with Crippen LogP contribution in [0.4, 0.5) is 11.5 Å². The molecule has 3 rings (SSSR count). The van der Waals surface area contributed by atoms with E-state index in [2.05, 4.69) is 27.9 Å². The molecule has 2 N–H and O–H groups in total. The molecule has 1 aromatic heterocycles. The fourth-order valence-corrected chi connectivity index (χ4v) is 2.79. The molecule has 4 nitrogen and oxygen atoms in total. The van der Waals surface area contributed by atoms with Crippen LogP contribution < -0.4 is 10.6 Å². The standard InChI is InChI=1S/C16H19ClN4/c1-20-4-6-21(7-5-20)15-9-13(8-14(17)10-15)12-2-3-16(18)19-11-12/h2-3,8-11H,4-7H2,1H3,(H2,18,19). The zero-order valence-corrected chi connectivity index (χ0v) is 12.8. The number of halogens is 1. The number of nitrogen functional groups attached to an aromatic ring is 1. The van der Waals surface area contributed by atoms with Crippen molar-refractivity contribution in [1.29, 1.82) is 0 Å². The van der Waals surface area contributed by atoms with Gasteiger partial charge < -0.3 is 15.5 Å². The molecule has 5 heteroatoms. The van der Waals surface area contributed by atoms with Crippen LogP contribution in [0.15, 0.2) is 36.5 Å². The minimum Gasteiger partial charge on any atom is -0.384 e. The van der Waals surface area contributed by atoms with Gasteiger partial charge in [0.25, 0.3) is 0 Å². The Morgan fingerprint density at radius 2 is 1.81 bits per heavy atom. The monoisotopic (exact) mass is 302 g/mol. The molecule has 2 heterocycles. The number of piperazine rings is 1. The van der Waals surface area contributed by atoms with E-state index in [9.17, 15) is 0 Å². The van der Waals surface area contributed by atoms with Crippen LogP contribution in [0.3, 0.4) is 0 Å². The number of nitrogens with zero attached hydrogens (tertiary/aromatic N) is 3. The van der Waals surface area contributed by atoms with E-state index in [1.807, 2.05) is 24.3 Å². The minimum atomic E-state index is 0.528. The first-order valence-electron chi connectivity index (χ1n) is 7.08. The van der Waals surface area contributed by atoms with Crippen LogP contribution in [0, 0.1) is 0 Å². The molecule has 0 spiro atoms. The number of rotatable bonds is 2. The van der Waals surface area contributed by atoms with Crippen molar-refractivity contribution in [3.63, 3.8) is 0 Å². The Kier molecular flexibility index (Phi) is 3.99. The highest BCUT2D eigenvalue weighted by atomic mass is 35.5. The number of likely N-dealkylation sites (N-methyl/N-ethyl adjacent to an activating group) is 1. The highest BCUT2D eigenvalue weighted by Crippen LogP contribution is 2.29. The Balaban J connectivity index is 1.91. The zero-order valence-electron chi connectivity index (χ0n) is 12.1. The van der Waals surface area contributed by atoms with Crippen LogP contribution in [-0.2, 0) is 0 Å². The van der Waals surface area contributed by atoms with Gasteiger partial charge in [-0.05, 0) is 42.9 Å². The van der Waals surface area contributed by atoms with Crippen LogP contribution in [0.25, 0.3) is 11.1 Å². The molecule has 0 unspecified atom stereocenters. The smallest absolute Gasteiger partial charge is 0.123 e. The Labute approximate surface area is 130 Å². The predicted octanol–water partition coefficient (Wildman–Crippen LogP) is 2.74. The third-order valence-electron chi connectivity index (χ3n) is 3.87. The van der Waals surface area contributed by atoms with Gasteiger partial charge in [-0.1, -0.05) is 11.6 Å². The Hall–Kier alpha value is -1.78. The third kappa shape index (κ3) is 3.28. The Morgan fingerprint density at radius 3 is 2.48 bits per heavy atom. The van der Waals surface area contributed by atoms with Crippen molar-refractivity contribution in [2.75, 3.05) is 43.9 Å². The first-order chi connectivity index (χ1) is 10.1. The summed E-state index contributed by atoms with van der Waals surface area (Å²) in [7, 11) is 2.15. The number of benzene rings is 1. The van der Waals surface area contributed by atoms with Crippen molar-refractivity contribution in [2.45, 2.75) is 0 Å². The molecular formula is C16H19ClN4. The van der Waals surface area contributed by atoms with Gasteiger partial charge in [0.15, 0.2) is 0 Å². The maximum Gasteiger partial charge on any atom is 0.123 e. The van der Waals surface area contributed by atoms with Gasteiger partial charge in [-0.25, -0.2) is 4.98 Å². The van der Waals surface area contributed by atoms with Crippen molar-refractivity contribution in [3.05, 3.63) is 41.6 Å². The highest BCUT2D eigenvalue weighted by molar-refractivity contribution is 6.31. The molecule has 0 aliphatic carbocycles. The summed E-state index contributed by atoms with van der Waals surface area (Å²) in [5, 5.41) is 0.748. The predicted molar refractivity (Wildman–Crippen MR) is 88.8 cm³/mol. The van der Waals surface area contributed by atoms with Gasteiger partial charge >= 0.3 is 0 Å². The third-order valence-corrected chi connectivity index (χ3v) is 4.09. The van der Waals surface area contributed by atoms with E-state index < -0.39 is 0 Å². The van der Waals surface area contributed by atoms with E-state index in [1.165, 1.54) is 5.69 Å². The van der Waals surface area contributed by atoms with E-state index in [0.29, 0.717) is 5.82 Å². The van der Waals surface area contributed by atoms with Crippen LogP contribution >= 0.6 is 11.6 Å². The molecule has 2 aromatic rings. The topological polar surface area (TPSA) is 45.4 Å². The lowest BCUT2D eigenvalue weighted by molar-refractivity contribution is 0.313. The molecule has 0 radical (unpaired) electrons. The largest absolute Gasteiger partial charge is 0.384 e. The fraction of sp³-hybridized carbons (Fsp3) is 0.312. The number of aromatic nitrogens is 1. The molecule has 0 bridgehead atoms. The lowest BCUT2D eigenvalue weighted by Gasteiger charge is -2.34. The summed E-state index contributed by atoms with van der Waals surface area (Å²) < 4.78 is 0. The van der Waals surface area contributed by atoms with Crippen LogP contribution in [-0.4, -0.2) is 43.1 Å². The summed E-state index contributed by atoms with van der Waals surface area (Å²) in [5.74, 6) is 0.528. The summed E-state index contributed by atoms with van der Waals surface area (Å²) in [6, 6.07) is 9.95. The lowest BCUT2D eigenvalue weighted by atomic mass is 10.1. The summed E-state index contributed by atoms with van der Waals surface area (Å²) in [4.78, 5) is 8.87. The molecule has 1 aliphatic heterocycles. The molecule has 1 saturated heterocycles. The second kappa shape index (κ2) is 5.92. The number of hydrogen-bond donors (Lipinski definition) is 1. The van der Waals surface area contributed by atoms with Gasteiger partial charge in [0.2, 0.25) is 0 Å². The summed E-state index contributed by atoms with van der Waals surface area (Å²) in [6.45, 7) is 4.20. The summed E-state index contributed by atoms with van der Waals surface area (Å²) in [6.07, 6.45) is 1.79. The Bertz CT molecular complexity index is 619. The molecule has 110 valence electrons. The first kappa shape index (κ1) is 14.2. The minimum absolute atomic E-state index is 0.528. The van der Waals surface area contributed by atoms with Gasteiger partial charge in [0.1, 0.15) is 5.82 Å². The van der Waals surface area contributed by atoms with Gasteiger partial charge in [-0.15, -0.1) is 0 Å².